The third-order valence-corrected chi connectivity index (χ3v) is 3.93. The lowest BCUT2D eigenvalue weighted by Crippen LogP contribution is -2.11. The van der Waals surface area contributed by atoms with Gasteiger partial charge < -0.3 is 4.98 Å². The molecule has 0 spiro atoms. The van der Waals surface area contributed by atoms with Crippen LogP contribution in [0, 0.1) is 6.92 Å². The number of aromatic nitrogens is 2. The van der Waals surface area contributed by atoms with Gasteiger partial charge in [-0.25, -0.2) is 13.4 Å². The summed E-state index contributed by atoms with van der Waals surface area (Å²) in [5.41, 5.74) is 0.466. The van der Waals surface area contributed by atoms with Crippen LogP contribution in [0.2, 0.25) is 0 Å². The fourth-order valence-corrected chi connectivity index (χ4v) is 2.53. The molecule has 0 bridgehead atoms. The molecule has 0 aliphatic carbocycles. The van der Waals surface area contributed by atoms with Crippen molar-refractivity contribution < 1.29 is 8.42 Å². The van der Waals surface area contributed by atoms with Crippen LogP contribution in [0.25, 0.3) is 0 Å². The van der Waals surface area contributed by atoms with Crippen LogP contribution in [0.5, 0.6) is 0 Å². The molecule has 2 aromatic rings. The van der Waals surface area contributed by atoms with Crippen molar-refractivity contribution in [3.8, 4) is 0 Å². The van der Waals surface area contributed by atoms with E-state index in [9.17, 15) is 13.2 Å². The quantitative estimate of drug-likeness (QED) is 0.803. The maximum absolute atomic E-state index is 12.1. The highest BCUT2D eigenvalue weighted by Crippen LogP contribution is 2.17. The van der Waals surface area contributed by atoms with E-state index in [2.05, 4.69) is 9.97 Å². The van der Waals surface area contributed by atoms with Gasteiger partial charge in [0.1, 0.15) is 0 Å². The van der Waals surface area contributed by atoms with Crippen LogP contribution >= 0.6 is 0 Å². The first-order chi connectivity index (χ1) is 8.00. The number of rotatable bonds is 2. The first kappa shape index (κ1) is 11.5. The number of nitrogens with one attached hydrogen (secondary N) is 1. The Morgan fingerprint density at radius 2 is 1.82 bits per heavy atom. The number of nitrogens with zero attached hydrogens (tertiary/aromatic N) is 1. The Balaban J connectivity index is 2.58. The standard InChI is InChI=1S/C11H10N2O3S/c1-8-2-4-9(5-3-8)17(15,16)11-6-10(14)12-7-13-11/h2-7H,1H3,(H,12,13,14). The number of aromatic amines is 1. The Morgan fingerprint density at radius 1 is 1.18 bits per heavy atom. The molecule has 1 aromatic carbocycles. The molecule has 1 heterocycles. The number of H-pyrrole nitrogens is 1. The van der Waals surface area contributed by atoms with Crippen molar-refractivity contribution in [2.24, 2.45) is 0 Å². The third-order valence-electron chi connectivity index (χ3n) is 2.26. The van der Waals surface area contributed by atoms with E-state index in [0.717, 1.165) is 18.0 Å². The summed E-state index contributed by atoms with van der Waals surface area (Å²) in [6, 6.07) is 7.34. The first-order valence-corrected chi connectivity index (χ1v) is 6.35. The molecule has 0 aliphatic heterocycles. The van der Waals surface area contributed by atoms with Crippen LogP contribution < -0.4 is 5.56 Å². The van der Waals surface area contributed by atoms with Gasteiger partial charge in [0.05, 0.1) is 11.2 Å². The molecule has 5 nitrogen and oxygen atoms in total. The largest absolute Gasteiger partial charge is 0.313 e. The molecule has 0 saturated heterocycles. The second kappa shape index (κ2) is 4.14. The minimum Gasteiger partial charge on any atom is -0.313 e. The van der Waals surface area contributed by atoms with E-state index in [1.54, 1.807) is 12.1 Å². The number of aryl methyl sites for hydroxylation is 1. The summed E-state index contributed by atoms with van der Waals surface area (Å²) in [5, 5.41) is -0.245. The highest BCUT2D eigenvalue weighted by molar-refractivity contribution is 7.91. The maximum Gasteiger partial charge on any atom is 0.251 e. The molecule has 1 aromatic heterocycles. The third kappa shape index (κ3) is 2.26. The fourth-order valence-electron chi connectivity index (χ4n) is 1.34. The Hall–Kier alpha value is -1.95. The molecule has 0 unspecified atom stereocenters. The molecule has 0 amide bonds. The Morgan fingerprint density at radius 3 is 2.41 bits per heavy atom. The lowest BCUT2D eigenvalue weighted by molar-refractivity contribution is 0.591. The molecule has 0 aliphatic rings. The molecule has 88 valence electrons. The monoisotopic (exact) mass is 250 g/mol. The van der Waals surface area contributed by atoms with E-state index in [1.165, 1.54) is 12.1 Å². The summed E-state index contributed by atoms with van der Waals surface area (Å²) in [5.74, 6) is 0. The van der Waals surface area contributed by atoms with Crippen LogP contribution in [0.1, 0.15) is 5.56 Å². The molecule has 6 heteroatoms. The maximum atomic E-state index is 12.1. The molecule has 2 rings (SSSR count). The van der Waals surface area contributed by atoms with Gasteiger partial charge in [-0.1, -0.05) is 17.7 Å². The van der Waals surface area contributed by atoms with Crippen LogP contribution in [0.4, 0.5) is 0 Å². The van der Waals surface area contributed by atoms with Gasteiger partial charge in [0.2, 0.25) is 9.84 Å². The van der Waals surface area contributed by atoms with Crippen molar-refractivity contribution in [1.29, 1.82) is 0 Å². The van der Waals surface area contributed by atoms with Gasteiger partial charge >= 0.3 is 0 Å². The molecule has 0 radical (unpaired) electrons. The predicted octanol–water partition coefficient (Wildman–Crippen LogP) is 0.911. The van der Waals surface area contributed by atoms with Crippen molar-refractivity contribution in [3.63, 3.8) is 0 Å². The van der Waals surface area contributed by atoms with Gasteiger partial charge in [-0.3, -0.25) is 4.79 Å². The van der Waals surface area contributed by atoms with E-state index in [4.69, 9.17) is 0 Å². The highest BCUT2D eigenvalue weighted by Gasteiger charge is 2.19. The number of hydrogen-bond donors (Lipinski definition) is 1. The summed E-state index contributed by atoms with van der Waals surface area (Å²) in [7, 11) is -3.71. The molecule has 0 fully saturated rings. The minimum atomic E-state index is -3.71. The average Bonchev–Trinajstić information content (AvgIpc) is 2.29. The van der Waals surface area contributed by atoms with E-state index < -0.39 is 15.4 Å². The normalized spacial score (nSPS) is 11.4. The Bertz CT molecular complexity index is 687. The second-order valence-electron chi connectivity index (χ2n) is 3.57. The van der Waals surface area contributed by atoms with E-state index >= 15 is 0 Å². The summed E-state index contributed by atoms with van der Waals surface area (Å²) in [6.07, 6.45) is 1.07. The molecule has 1 N–H and O–H groups in total. The highest BCUT2D eigenvalue weighted by atomic mass is 32.2. The van der Waals surface area contributed by atoms with Crippen molar-refractivity contribution >= 4 is 9.84 Å². The average molecular weight is 250 g/mol. The molecule has 0 saturated carbocycles. The Kier molecular flexibility index (Phi) is 2.81. The lowest BCUT2D eigenvalue weighted by atomic mass is 10.2. The van der Waals surface area contributed by atoms with Crippen LogP contribution in [0.3, 0.4) is 0 Å². The molecular weight excluding hydrogens is 240 g/mol. The summed E-state index contributed by atoms with van der Waals surface area (Å²) >= 11 is 0. The number of hydrogen-bond acceptors (Lipinski definition) is 4. The molecule has 0 atom stereocenters. The van der Waals surface area contributed by atoms with Gasteiger partial charge in [0.15, 0.2) is 5.03 Å². The van der Waals surface area contributed by atoms with E-state index in [1.807, 2.05) is 6.92 Å². The number of sulfone groups is 1. The van der Waals surface area contributed by atoms with Crippen LogP contribution in [-0.2, 0) is 9.84 Å². The zero-order chi connectivity index (χ0) is 12.5. The smallest absolute Gasteiger partial charge is 0.251 e. The molecular formula is C11H10N2O3S. The summed E-state index contributed by atoms with van der Waals surface area (Å²) in [6.45, 7) is 1.86. The lowest BCUT2D eigenvalue weighted by Gasteiger charge is -2.03. The summed E-state index contributed by atoms with van der Waals surface area (Å²) in [4.78, 5) is 17.1. The van der Waals surface area contributed by atoms with Crippen LogP contribution in [0.15, 0.2) is 51.4 Å². The zero-order valence-corrected chi connectivity index (χ0v) is 9.86. The second-order valence-corrected chi connectivity index (χ2v) is 5.46. The van der Waals surface area contributed by atoms with Gasteiger partial charge in [-0.2, -0.15) is 0 Å². The molecule has 17 heavy (non-hydrogen) atoms. The summed E-state index contributed by atoms with van der Waals surface area (Å²) < 4.78 is 24.2. The van der Waals surface area contributed by atoms with Crippen molar-refractivity contribution in [1.82, 2.24) is 9.97 Å². The predicted molar refractivity (Wildman–Crippen MR) is 61.5 cm³/mol. The van der Waals surface area contributed by atoms with Gasteiger partial charge in [-0.05, 0) is 19.1 Å². The van der Waals surface area contributed by atoms with Crippen molar-refractivity contribution in [2.75, 3.05) is 0 Å². The van der Waals surface area contributed by atoms with Crippen LogP contribution in [-0.4, -0.2) is 18.4 Å². The van der Waals surface area contributed by atoms with E-state index in [-0.39, 0.29) is 9.92 Å². The van der Waals surface area contributed by atoms with Gasteiger partial charge in [0.25, 0.3) is 5.56 Å². The first-order valence-electron chi connectivity index (χ1n) is 4.86. The SMILES string of the molecule is Cc1ccc(S(=O)(=O)c2cc(=O)[nH]cn2)cc1. The topological polar surface area (TPSA) is 79.9 Å². The van der Waals surface area contributed by atoms with Gasteiger partial charge in [-0.15, -0.1) is 0 Å². The zero-order valence-electron chi connectivity index (χ0n) is 9.04. The minimum absolute atomic E-state index is 0.126. The Labute approximate surface area is 98.1 Å². The van der Waals surface area contributed by atoms with Crippen molar-refractivity contribution in [2.45, 2.75) is 16.8 Å². The van der Waals surface area contributed by atoms with Gasteiger partial charge in [0, 0.05) is 6.07 Å². The van der Waals surface area contributed by atoms with E-state index in [0.29, 0.717) is 0 Å². The number of benzene rings is 1. The fraction of sp³-hybridized carbons (Fsp3) is 0.0909. The van der Waals surface area contributed by atoms with Crippen molar-refractivity contribution in [3.05, 3.63) is 52.6 Å².